The second-order valence-electron chi connectivity index (χ2n) is 5.38. The lowest BCUT2D eigenvalue weighted by atomic mass is 10.2. The van der Waals surface area contributed by atoms with Gasteiger partial charge in [-0.15, -0.1) is 0 Å². The van der Waals surface area contributed by atoms with E-state index in [-0.39, 0.29) is 34.0 Å². The minimum absolute atomic E-state index is 0. The summed E-state index contributed by atoms with van der Waals surface area (Å²) in [6.45, 7) is 24.5. The van der Waals surface area contributed by atoms with Gasteiger partial charge in [0.1, 0.15) is 0 Å². The van der Waals surface area contributed by atoms with Gasteiger partial charge in [0, 0.05) is 6.42 Å². The Hall–Kier alpha value is 0.880. The first kappa shape index (κ1) is 24.9. The van der Waals surface area contributed by atoms with Crippen LogP contribution in [0.1, 0.15) is 48.0 Å². The summed E-state index contributed by atoms with van der Waals surface area (Å²) in [5.41, 5.74) is 0. The first-order valence-electron chi connectivity index (χ1n) is 7.77. The van der Waals surface area contributed by atoms with E-state index in [1.54, 1.807) is 0 Å². The van der Waals surface area contributed by atoms with Crippen LogP contribution in [0.5, 0.6) is 0 Å². The van der Waals surface area contributed by atoms with Crippen LogP contribution in [0.3, 0.4) is 0 Å². The van der Waals surface area contributed by atoms with E-state index in [1.807, 2.05) is 0 Å². The molecule has 0 amide bonds. The summed E-state index contributed by atoms with van der Waals surface area (Å²) in [5, 5.41) is 0. The molecule has 0 rings (SSSR count). The van der Waals surface area contributed by atoms with Crippen molar-refractivity contribution in [3.05, 3.63) is 0 Å². The van der Waals surface area contributed by atoms with E-state index >= 15 is 0 Å². The standard InChI is InChI=1S/C15H36N2.2BrH/c1-7-16(8-2,9-3)14-13-15-17(10-4,11-5)12-6;;/h7-15H2,1-6H3;2*1H/q+2;;/p-2. The van der Waals surface area contributed by atoms with Crippen LogP contribution in [-0.4, -0.2) is 61.3 Å². The largest absolute Gasteiger partial charge is 1.00 e. The van der Waals surface area contributed by atoms with Gasteiger partial charge in [-0.3, -0.25) is 0 Å². The van der Waals surface area contributed by atoms with Gasteiger partial charge >= 0.3 is 0 Å². The number of nitrogens with zero attached hydrogens (tertiary/aromatic N) is 2. The van der Waals surface area contributed by atoms with Gasteiger partial charge in [0.05, 0.1) is 52.4 Å². The fraction of sp³-hybridized carbons (Fsp3) is 1.00. The molecular weight excluding hydrogens is 368 g/mol. The first-order valence-corrected chi connectivity index (χ1v) is 7.77. The van der Waals surface area contributed by atoms with Crippen LogP contribution < -0.4 is 34.0 Å². The quantitative estimate of drug-likeness (QED) is 0.344. The number of hydrogen-bond donors (Lipinski definition) is 0. The molecule has 0 saturated carbocycles. The van der Waals surface area contributed by atoms with E-state index in [2.05, 4.69) is 41.5 Å². The van der Waals surface area contributed by atoms with E-state index in [1.165, 1.54) is 67.7 Å². The Morgan fingerprint density at radius 3 is 0.842 bits per heavy atom. The molecule has 4 heteroatoms. The van der Waals surface area contributed by atoms with Crippen LogP contribution in [0, 0.1) is 0 Å². The molecule has 0 saturated heterocycles. The molecule has 0 aromatic heterocycles. The minimum Gasteiger partial charge on any atom is -1.00 e. The van der Waals surface area contributed by atoms with Crippen LogP contribution in [0.25, 0.3) is 0 Å². The molecule has 0 aromatic carbocycles. The van der Waals surface area contributed by atoms with Crippen molar-refractivity contribution < 1.29 is 42.9 Å². The van der Waals surface area contributed by atoms with Gasteiger partial charge in [-0.2, -0.15) is 0 Å². The van der Waals surface area contributed by atoms with E-state index in [0.29, 0.717) is 0 Å². The maximum atomic E-state index is 2.34. The van der Waals surface area contributed by atoms with E-state index in [0.717, 1.165) is 0 Å². The van der Waals surface area contributed by atoms with Gasteiger partial charge in [0.15, 0.2) is 0 Å². The fourth-order valence-electron chi connectivity index (χ4n) is 3.03. The lowest BCUT2D eigenvalue weighted by molar-refractivity contribution is -0.941. The highest BCUT2D eigenvalue weighted by molar-refractivity contribution is 4.44. The van der Waals surface area contributed by atoms with Crippen LogP contribution in [-0.2, 0) is 0 Å². The molecule has 0 aliphatic rings. The molecule has 19 heavy (non-hydrogen) atoms. The summed E-state index contributed by atoms with van der Waals surface area (Å²) < 4.78 is 2.61. The summed E-state index contributed by atoms with van der Waals surface area (Å²) >= 11 is 0. The molecule has 0 radical (unpaired) electrons. The Balaban J connectivity index is -0.00000128. The smallest absolute Gasteiger partial charge is 0.0840 e. The van der Waals surface area contributed by atoms with Crippen molar-refractivity contribution in [3.63, 3.8) is 0 Å². The maximum absolute atomic E-state index is 2.34. The molecule has 0 bridgehead atoms. The molecule has 0 atom stereocenters. The van der Waals surface area contributed by atoms with Crippen molar-refractivity contribution in [3.8, 4) is 0 Å². The summed E-state index contributed by atoms with van der Waals surface area (Å²) in [7, 11) is 0. The molecule has 0 aliphatic carbocycles. The molecule has 0 N–H and O–H groups in total. The first-order chi connectivity index (χ1) is 8.07. The Bertz CT molecular complexity index is 154. The molecule has 2 nitrogen and oxygen atoms in total. The average molecular weight is 404 g/mol. The summed E-state index contributed by atoms with van der Waals surface area (Å²) in [6.07, 6.45) is 1.38. The topological polar surface area (TPSA) is 0 Å². The number of quaternary nitrogens is 2. The molecule has 0 fully saturated rings. The van der Waals surface area contributed by atoms with Crippen LogP contribution >= 0.6 is 0 Å². The lowest BCUT2D eigenvalue weighted by Gasteiger charge is -2.39. The lowest BCUT2D eigenvalue weighted by Crippen LogP contribution is -3.00. The normalized spacial score (nSPS) is 11.7. The van der Waals surface area contributed by atoms with Crippen molar-refractivity contribution in [2.24, 2.45) is 0 Å². The van der Waals surface area contributed by atoms with E-state index < -0.39 is 0 Å². The average Bonchev–Trinajstić information content (AvgIpc) is 2.41. The Labute approximate surface area is 143 Å². The van der Waals surface area contributed by atoms with Gasteiger partial charge in [0.2, 0.25) is 0 Å². The second-order valence-corrected chi connectivity index (χ2v) is 5.38. The predicted octanol–water partition coefficient (Wildman–Crippen LogP) is -2.86. The zero-order valence-electron chi connectivity index (χ0n) is 14.0. The van der Waals surface area contributed by atoms with Gasteiger partial charge in [-0.25, -0.2) is 0 Å². The molecule has 0 aromatic rings. The van der Waals surface area contributed by atoms with Crippen LogP contribution in [0.2, 0.25) is 0 Å². The molecular formula is C15H36Br2N2. The third kappa shape index (κ3) is 7.45. The molecule has 0 unspecified atom stereocenters. The van der Waals surface area contributed by atoms with Gasteiger partial charge in [-0.1, -0.05) is 0 Å². The predicted molar refractivity (Wildman–Crippen MR) is 78.1 cm³/mol. The Morgan fingerprint density at radius 2 is 0.684 bits per heavy atom. The van der Waals surface area contributed by atoms with Crippen LogP contribution in [0.15, 0.2) is 0 Å². The fourth-order valence-corrected chi connectivity index (χ4v) is 3.03. The molecule has 0 aliphatic heterocycles. The van der Waals surface area contributed by atoms with Crippen molar-refractivity contribution >= 4 is 0 Å². The monoisotopic (exact) mass is 402 g/mol. The molecule has 0 spiro atoms. The molecule has 0 heterocycles. The van der Waals surface area contributed by atoms with E-state index in [9.17, 15) is 0 Å². The number of halogens is 2. The third-order valence-corrected chi connectivity index (χ3v) is 5.29. The summed E-state index contributed by atoms with van der Waals surface area (Å²) in [6, 6.07) is 0. The maximum Gasteiger partial charge on any atom is 0.0840 e. The van der Waals surface area contributed by atoms with E-state index in [4.69, 9.17) is 0 Å². The zero-order valence-corrected chi connectivity index (χ0v) is 17.2. The Morgan fingerprint density at radius 1 is 0.474 bits per heavy atom. The van der Waals surface area contributed by atoms with Gasteiger partial charge in [0.25, 0.3) is 0 Å². The number of hydrogen-bond acceptors (Lipinski definition) is 0. The minimum atomic E-state index is 0. The van der Waals surface area contributed by atoms with Crippen molar-refractivity contribution in [1.29, 1.82) is 0 Å². The SMILES string of the molecule is CC[N+](CC)(CC)CCC[N+](CC)(CC)CC.[Br-].[Br-]. The van der Waals surface area contributed by atoms with Crippen molar-refractivity contribution in [2.75, 3.05) is 52.4 Å². The van der Waals surface area contributed by atoms with Crippen molar-refractivity contribution in [1.82, 2.24) is 0 Å². The summed E-state index contributed by atoms with van der Waals surface area (Å²) in [5.74, 6) is 0. The van der Waals surface area contributed by atoms with Crippen molar-refractivity contribution in [2.45, 2.75) is 48.0 Å². The zero-order chi connectivity index (χ0) is 13.4. The number of rotatable bonds is 10. The van der Waals surface area contributed by atoms with Crippen LogP contribution in [0.4, 0.5) is 0 Å². The highest BCUT2D eigenvalue weighted by Crippen LogP contribution is 2.12. The second kappa shape index (κ2) is 12.6. The third-order valence-electron chi connectivity index (χ3n) is 5.29. The highest BCUT2D eigenvalue weighted by Gasteiger charge is 2.25. The summed E-state index contributed by atoms with van der Waals surface area (Å²) in [4.78, 5) is 0. The highest BCUT2D eigenvalue weighted by atomic mass is 79.9. The van der Waals surface area contributed by atoms with Gasteiger partial charge < -0.3 is 42.9 Å². The Kier molecular flexibility index (Phi) is 16.5. The molecule has 120 valence electrons. The van der Waals surface area contributed by atoms with Gasteiger partial charge in [-0.05, 0) is 41.5 Å².